The number of halogens is 3. The van der Waals surface area contributed by atoms with Crippen molar-refractivity contribution >= 4 is 112 Å². The standard InChI is InChI=1S/3C12H9N2S.3HI/c3*13-8-5-6-10-12(7-8)15-11-4-2-1-3-9(11)14-10;;;/h3*1-7H,13H2;3*1H/q3*+1;;;/p-3. The molecule has 0 aliphatic rings. The summed E-state index contributed by atoms with van der Waals surface area (Å²) < 4.78 is 6.97. The molecule has 0 aliphatic heterocycles. The van der Waals surface area contributed by atoms with Crippen molar-refractivity contribution in [2.24, 2.45) is 0 Å². The number of nitrogen functional groups attached to an aromatic ring is 3. The molecule has 0 aliphatic carbocycles. The summed E-state index contributed by atoms with van der Waals surface area (Å²) in [5.41, 5.74) is 25.8. The van der Waals surface area contributed by atoms with Gasteiger partial charge >= 0.3 is 0 Å². The van der Waals surface area contributed by atoms with Crippen molar-refractivity contribution < 1.29 is 71.9 Å². The lowest BCUT2D eigenvalue weighted by molar-refractivity contribution is -0.00100. The van der Waals surface area contributed by atoms with Gasteiger partial charge in [-0.15, -0.1) is 0 Å². The molecular formula is C36H27I3N6S3. The highest BCUT2D eigenvalue weighted by atomic mass is 127. The smallest absolute Gasteiger partial charge is 0.259 e. The number of nitrogens with zero attached hydrogens (tertiary/aromatic N) is 3. The van der Waals surface area contributed by atoms with Crippen molar-refractivity contribution in [1.29, 1.82) is 0 Å². The van der Waals surface area contributed by atoms with E-state index in [1.165, 1.54) is 14.1 Å². The summed E-state index contributed by atoms with van der Waals surface area (Å²) in [5, 5.41) is 0. The molecule has 0 fully saturated rings. The second kappa shape index (κ2) is 17.1. The number of rotatable bonds is 0. The molecule has 240 valence electrons. The van der Waals surface area contributed by atoms with E-state index >= 15 is 0 Å². The molecule has 6 nitrogen and oxygen atoms in total. The molecule has 0 amide bonds. The maximum Gasteiger partial charge on any atom is 0.259 e. The Hall–Kier alpha value is -3.03. The van der Waals surface area contributed by atoms with E-state index in [-0.39, 0.29) is 71.9 Å². The molecule has 12 heteroatoms. The first-order valence-electron chi connectivity index (χ1n) is 14.1. The summed E-state index contributed by atoms with van der Waals surface area (Å²) in [5.74, 6) is 0. The SMILES string of the molecule is Nc1ccc2nc3ccccc3[s+]c2c1.Nc1ccc2nc3ccccc3[s+]c2c1.Nc1ccc2nc3ccccc3[s+]c2c1.[I-].[I-].[I-]. The minimum Gasteiger partial charge on any atom is -1.00 e. The van der Waals surface area contributed by atoms with E-state index in [0.29, 0.717) is 0 Å². The Kier molecular flexibility index (Phi) is 13.4. The van der Waals surface area contributed by atoms with Gasteiger partial charge < -0.3 is 89.1 Å². The van der Waals surface area contributed by atoms with E-state index in [0.717, 1.165) is 64.3 Å². The third kappa shape index (κ3) is 8.76. The Morgan fingerprint density at radius 3 is 0.854 bits per heavy atom. The molecule has 48 heavy (non-hydrogen) atoms. The minimum atomic E-state index is 0. The van der Waals surface area contributed by atoms with Crippen LogP contribution in [-0.4, -0.2) is 15.0 Å². The van der Waals surface area contributed by atoms with Crippen LogP contribution in [0.2, 0.25) is 0 Å². The van der Waals surface area contributed by atoms with Gasteiger partial charge in [0.25, 0.3) is 28.2 Å². The molecule has 9 aromatic rings. The Balaban J connectivity index is 0.000000158. The lowest BCUT2D eigenvalue weighted by Crippen LogP contribution is -3.00. The van der Waals surface area contributed by atoms with E-state index < -0.39 is 0 Å². The summed E-state index contributed by atoms with van der Waals surface area (Å²) in [6.07, 6.45) is 0. The predicted molar refractivity (Wildman–Crippen MR) is 198 cm³/mol. The van der Waals surface area contributed by atoms with Crippen LogP contribution in [0.4, 0.5) is 17.1 Å². The van der Waals surface area contributed by atoms with Gasteiger partial charge in [-0.25, -0.2) is 15.0 Å². The molecule has 0 saturated heterocycles. The quantitative estimate of drug-likeness (QED) is 0.0904. The number of aromatic nitrogens is 3. The average Bonchev–Trinajstić information content (AvgIpc) is 3.06. The van der Waals surface area contributed by atoms with Gasteiger partial charge in [0.05, 0.1) is 0 Å². The highest BCUT2D eigenvalue weighted by molar-refractivity contribution is 7.25. The fraction of sp³-hybridized carbons (Fsp3) is 0. The van der Waals surface area contributed by atoms with Crippen molar-refractivity contribution in [3.63, 3.8) is 0 Å². The van der Waals surface area contributed by atoms with Gasteiger partial charge in [-0.05, 0) is 54.6 Å². The number of anilines is 3. The van der Waals surface area contributed by atoms with E-state index in [4.69, 9.17) is 17.2 Å². The van der Waals surface area contributed by atoms with Crippen LogP contribution < -0.4 is 89.1 Å². The van der Waals surface area contributed by atoms with Crippen LogP contribution in [0.3, 0.4) is 0 Å². The Bertz CT molecular complexity index is 2240. The Labute approximate surface area is 340 Å². The molecule has 9 rings (SSSR count). The fourth-order valence-corrected chi connectivity index (χ4v) is 7.81. The van der Waals surface area contributed by atoms with Crippen molar-refractivity contribution in [3.05, 3.63) is 127 Å². The van der Waals surface area contributed by atoms with Crippen LogP contribution in [-0.2, 0) is 0 Å². The number of fused-ring (bicyclic) bond motifs is 6. The van der Waals surface area contributed by atoms with E-state index in [1.807, 2.05) is 109 Å². The monoisotopic (exact) mass is 1020 g/mol. The zero-order valence-electron chi connectivity index (χ0n) is 25.1. The third-order valence-electron chi connectivity index (χ3n) is 6.93. The van der Waals surface area contributed by atoms with Crippen molar-refractivity contribution in [2.45, 2.75) is 0 Å². The number of benzene rings is 6. The molecular weight excluding hydrogens is 993 g/mol. The van der Waals surface area contributed by atoms with Crippen molar-refractivity contribution in [2.75, 3.05) is 17.2 Å². The topological polar surface area (TPSA) is 117 Å². The lowest BCUT2D eigenvalue weighted by Gasteiger charge is -1.92. The Morgan fingerprint density at radius 2 is 0.562 bits per heavy atom. The average molecular weight is 1020 g/mol. The summed E-state index contributed by atoms with van der Waals surface area (Å²) in [6.45, 7) is 0. The largest absolute Gasteiger partial charge is 1.00 e. The second-order valence-electron chi connectivity index (χ2n) is 10.2. The second-order valence-corrected chi connectivity index (χ2v) is 13.5. The molecule has 0 spiro atoms. The zero-order chi connectivity index (χ0) is 30.8. The third-order valence-corrected chi connectivity index (χ3v) is 10.3. The summed E-state index contributed by atoms with van der Waals surface area (Å²) in [4.78, 5) is 13.7. The van der Waals surface area contributed by atoms with Crippen LogP contribution in [0.1, 0.15) is 0 Å². The number of hydrogen-bond acceptors (Lipinski definition) is 6. The molecule has 0 saturated carbocycles. The molecule has 3 heterocycles. The first-order valence-corrected chi connectivity index (χ1v) is 16.6. The lowest BCUT2D eigenvalue weighted by atomic mass is 10.3. The summed E-state index contributed by atoms with van der Waals surface area (Å²) in [6, 6.07) is 41.9. The van der Waals surface area contributed by atoms with E-state index in [1.54, 1.807) is 34.0 Å². The molecule has 0 atom stereocenters. The first kappa shape index (κ1) is 37.8. The molecule has 6 N–H and O–H groups in total. The molecule has 0 radical (unpaired) electrons. The molecule has 0 bridgehead atoms. The van der Waals surface area contributed by atoms with Crippen LogP contribution in [0.15, 0.2) is 127 Å². The van der Waals surface area contributed by atoms with Gasteiger partial charge in [-0.3, -0.25) is 0 Å². The number of nitrogens with two attached hydrogens (primary N) is 3. The Morgan fingerprint density at radius 1 is 0.312 bits per heavy atom. The summed E-state index contributed by atoms with van der Waals surface area (Å²) in [7, 11) is 0. The predicted octanol–water partition coefficient (Wildman–Crippen LogP) is 0.950. The maximum absolute atomic E-state index is 5.75. The number of para-hydroxylation sites is 3. The number of hydrogen-bond donors (Lipinski definition) is 3. The van der Waals surface area contributed by atoms with Gasteiger partial charge in [-0.1, -0.05) is 36.4 Å². The van der Waals surface area contributed by atoms with Crippen LogP contribution in [0, 0.1) is 0 Å². The van der Waals surface area contributed by atoms with Crippen LogP contribution in [0.5, 0.6) is 0 Å². The minimum absolute atomic E-state index is 0. The highest BCUT2D eigenvalue weighted by Gasteiger charge is 2.13. The van der Waals surface area contributed by atoms with Gasteiger partial charge in [0.1, 0.15) is 33.1 Å². The normalized spacial score (nSPS) is 10.2. The first-order chi connectivity index (χ1) is 22.0. The van der Waals surface area contributed by atoms with Gasteiger partial charge in [0.15, 0.2) is 0 Å². The van der Waals surface area contributed by atoms with Crippen LogP contribution >= 0.6 is 34.0 Å². The molecule has 6 aromatic carbocycles. The highest BCUT2D eigenvalue weighted by Crippen LogP contribution is 2.29. The van der Waals surface area contributed by atoms with Crippen molar-refractivity contribution in [3.8, 4) is 0 Å². The summed E-state index contributed by atoms with van der Waals surface area (Å²) >= 11 is 5.17. The maximum atomic E-state index is 5.75. The van der Waals surface area contributed by atoms with Crippen molar-refractivity contribution in [1.82, 2.24) is 15.0 Å². The fourth-order valence-electron chi connectivity index (χ4n) is 4.77. The van der Waals surface area contributed by atoms with E-state index in [2.05, 4.69) is 33.2 Å². The van der Waals surface area contributed by atoms with E-state index in [9.17, 15) is 0 Å². The van der Waals surface area contributed by atoms with Crippen LogP contribution in [0.25, 0.3) is 61.3 Å². The molecule has 0 unspecified atom stereocenters. The van der Waals surface area contributed by atoms with Gasteiger partial charge in [0.2, 0.25) is 34.0 Å². The van der Waals surface area contributed by atoms with Gasteiger partial charge in [0, 0.05) is 53.5 Å². The molecule has 3 aromatic heterocycles. The zero-order valence-corrected chi connectivity index (χ0v) is 34.0. The van der Waals surface area contributed by atoms with Gasteiger partial charge in [-0.2, -0.15) is 0 Å².